The highest BCUT2D eigenvalue weighted by atomic mass is 32.2. The van der Waals surface area contributed by atoms with E-state index in [2.05, 4.69) is 9.88 Å². The minimum Gasteiger partial charge on any atom is -0.298 e. The van der Waals surface area contributed by atoms with E-state index in [9.17, 15) is 12.8 Å². The summed E-state index contributed by atoms with van der Waals surface area (Å²) in [5.74, 6) is 0.181. The first kappa shape index (κ1) is 17.3. The summed E-state index contributed by atoms with van der Waals surface area (Å²) >= 11 is 0. The van der Waals surface area contributed by atoms with Crippen molar-refractivity contribution in [3.05, 3.63) is 60.2 Å². The van der Waals surface area contributed by atoms with E-state index in [1.807, 2.05) is 0 Å². The van der Waals surface area contributed by atoms with Crippen LogP contribution >= 0.6 is 0 Å². The van der Waals surface area contributed by atoms with E-state index >= 15 is 0 Å². The van der Waals surface area contributed by atoms with Crippen molar-refractivity contribution < 1.29 is 12.8 Å². The van der Waals surface area contributed by atoms with Gasteiger partial charge in [-0.25, -0.2) is 12.8 Å². The molecule has 4 aliphatic rings. The van der Waals surface area contributed by atoms with Crippen molar-refractivity contribution in [1.82, 2.24) is 14.2 Å². The lowest BCUT2D eigenvalue weighted by Gasteiger charge is -2.50. The van der Waals surface area contributed by atoms with Crippen LogP contribution in [-0.4, -0.2) is 54.3 Å². The molecule has 2 bridgehead atoms. The lowest BCUT2D eigenvalue weighted by molar-refractivity contribution is 0.0123. The molecule has 142 valence electrons. The smallest absolute Gasteiger partial charge is 0.244 e. The quantitative estimate of drug-likeness (QED) is 0.812. The molecule has 27 heavy (non-hydrogen) atoms. The molecule has 0 saturated carbocycles. The van der Waals surface area contributed by atoms with Crippen LogP contribution in [0.5, 0.6) is 0 Å². The molecule has 4 fully saturated rings. The lowest BCUT2D eigenvalue weighted by atomic mass is 9.75. The minimum atomic E-state index is -3.61. The van der Waals surface area contributed by atoms with Crippen LogP contribution in [0.1, 0.15) is 24.3 Å². The van der Waals surface area contributed by atoms with Gasteiger partial charge in [-0.05, 0) is 61.7 Å². The van der Waals surface area contributed by atoms with E-state index in [1.54, 1.807) is 34.8 Å². The summed E-state index contributed by atoms with van der Waals surface area (Å²) in [6.07, 6.45) is 5.09. The van der Waals surface area contributed by atoms with Gasteiger partial charge in [-0.1, -0.05) is 12.1 Å². The summed E-state index contributed by atoms with van der Waals surface area (Å²) in [6.45, 7) is 2.47. The topological polar surface area (TPSA) is 53.5 Å². The molecule has 6 rings (SSSR count). The fourth-order valence-electron chi connectivity index (χ4n) is 5.28. The maximum atomic E-state index is 13.4. The highest BCUT2D eigenvalue weighted by molar-refractivity contribution is 7.89. The normalized spacial score (nSPS) is 33.1. The molecule has 1 aromatic heterocycles. The molecule has 0 N–H and O–H groups in total. The van der Waals surface area contributed by atoms with Gasteiger partial charge >= 0.3 is 0 Å². The number of nitrogens with zero attached hydrogens (tertiary/aromatic N) is 3. The molecule has 4 aliphatic heterocycles. The van der Waals surface area contributed by atoms with Crippen molar-refractivity contribution in [3.8, 4) is 0 Å². The maximum Gasteiger partial charge on any atom is 0.244 e. The van der Waals surface area contributed by atoms with Gasteiger partial charge in [-0.3, -0.25) is 9.88 Å². The molecule has 3 atom stereocenters. The van der Waals surface area contributed by atoms with Gasteiger partial charge in [-0.2, -0.15) is 4.31 Å². The lowest BCUT2D eigenvalue weighted by Crippen LogP contribution is -2.60. The Balaban J connectivity index is 1.58. The van der Waals surface area contributed by atoms with E-state index in [1.165, 1.54) is 18.3 Å². The number of sulfonamides is 1. The zero-order chi connectivity index (χ0) is 18.6. The van der Waals surface area contributed by atoms with Gasteiger partial charge in [0, 0.05) is 36.9 Å². The fourth-order valence-corrected chi connectivity index (χ4v) is 6.97. The Labute approximate surface area is 158 Å². The van der Waals surface area contributed by atoms with Crippen LogP contribution in [0.4, 0.5) is 4.39 Å². The third kappa shape index (κ3) is 2.71. The van der Waals surface area contributed by atoms with Gasteiger partial charge in [0.1, 0.15) is 10.7 Å². The molecule has 5 heterocycles. The molecule has 5 nitrogen and oxygen atoms in total. The van der Waals surface area contributed by atoms with Crippen molar-refractivity contribution in [2.24, 2.45) is 5.92 Å². The second-order valence-corrected chi connectivity index (χ2v) is 9.67. The van der Waals surface area contributed by atoms with Crippen LogP contribution in [0.2, 0.25) is 0 Å². The average Bonchev–Trinajstić information content (AvgIpc) is 3.14. The SMILES string of the molecule is O=S(=O)(c1cccnc1)N1C[C@H](c2ccc(F)cc2)[C@H]2[C@@H]1C1CCN2CC1. The summed E-state index contributed by atoms with van der Waals surface area (Å²) < 4.78 is 41.9. The van der Waals surface area contributed by atoms with Crippen molar-refractivity contribution in [1.29, 1.82) is 0 Å². The first-order valence-electron chi connectivity index (χ1n) is 9.47. The van der Waals surface area contributed by atoms with Crippen molar-refractivity contribution in [2.75, 3.05) is 19.6 Å². The molecule has 0 amide bonds. The zero-order valence-corrected chi connectivity index (χ0v) is 15.7. The first-order valence-corrected chi connectivity index (χ1v) is 10.9. The van der Waals surface area contributed by atoms with Gasteiger partial charge in [-0.15, -0.1) is 0 Å². The van der Waals surface area contributed by atoms with E-state index < -0.39 is 10.0 Å². The summed E-state index contributed by atoms with van der Waals surface area (Å²) in [6, 6.07) is 9.97. The number of pyridine rings is 1. The number of rotatable bonds is 3. The van der Waals surface area contributed by atoms with Gasteiger partial charge in [0.05, 0.1) is 0 Å². The third-order valence-electron chi connectivity index (χ3n) is 6.49. The molecule has 7 heteroatoms. The van der Waals surface area contributed by atoms with Crippen LogP contribution < -0.4 is 0 Å². The highest BCUT2D eigenvalue weighted by Gasteiger charge is 2.56. The van der Waals surface area contributed by atoms with Gasteiger partial charge in [0.25, 0.3) is 0 Å². The molecule has 0 aliphatic carbocycles. The summed E-state index contributed by atoms with van der Waals surface area (Å²) in [5, 5.41) is 0. The first-order chi connectivity index (χ1) is 13.1. The van der Waals surface area contributed by atoms with Gasteiger partial charge < -0.3 is 0 Å². The number of hydrogen-bond donors (Lipinski definition) is 0. The Kier molecular flexibility index (Phi) is 4.07. The van der Waals surface area contributed by atoms with Crippen molar-refractivity contribution in [3.63, 3.8) is 0 Å². The number of hydrogen-bond acceptors (Lipinski definition) is 4. The number of benzene rings is 1. The predicted molar refractivity (Wildman–Crippen MR) is 99.1 cm³/mol. The Morgan fingerprint density at radius 1 is 1.04 bits per heavy atom. The summed E-state index contributed by atoms with van der Waals surface area (Å²) in [4.78, 5) is 6.70. The van der Waals surface area contributed by atoms with Crippen LogP contribution in [0, 0.1) is 11.7 Å². The summed E-state index contributed by atoms with van der Waals surface area (Å²) in [5.41, 5.74) is 1.02. The Morgan fingerprint density at radius 2 is 1.78 bits per heavy atom. The third-order valence-corrected chi connectivity index (χ3v) is 8.34. The van der Waals surface area contributed by atoms with Crippen LogP contribution in [-0.2, 0) is 10.0 Å². The molecule has 0 spiro atoms. The van der Waals surface area contributed by atoms with E-state index in [-0.39, 0.29) is 28.7 Å². The molecule has 4 saturated heterocycles. The monoisotopic (exact) mass is 387 g/mol. The Hall–Kier alpha value is -1.83. The molecular formula is C20H22FN3O2S. The van der Waals surface area contributed by atoms with E-state index in [0.717, 1.165) is 31.5 Å². The summed E-state index contributed by atoms with van der Waals surface area (Å²) in [7, 11) is -3.61. The molecule has 0 radical (unpaired) electrons. The predicted octanol–water partition coefficient (Wildman–Crippen LogP) is 2.47. The van der Waals surface area contributed by atoms with Gasteiger partial charge in [0.15, 0.2) is 0 Å². The zero-order valence-electron chi connectivity index (χ0n) is 14.9. The highest BCUT2D eigenvalue weighted by Crippen LogP contribution is 2.48. The molecule has 2 aromatic rings. The number of aromatic nitrogens is 1. The second-order valence-electron chi connectivity index (χ2n) is 7.78. The maximum absolute atomic E-state index is 13.4. The van der Waals surface area contributed by atoms with E-state index in [0.29, 0.717) is 12.5 Å². The van der Waals surface area contributed by atoms with Crippen molar-refractivity contribution >= 4 is 10.0 Å². The molecule has 0 unspecified atom stereocenters. The standard InChI is InChI=1S/C20H22FN3O2S/c21-16-5-3-14(4-6-16)18-13-24(27(25,26)17-2-1-9-22-12-17)19-15-7-10-23(11-8-15)20(18)19/h1-6,9,12,15,18-20H,7-8,10-11,13H2/t18-,19+,20+/m1/s1. The van der Waals surface area contributed by atoms with Gasteiger partial charge in [0.2, 0.25) is 10.0 Å². The van der Waals surface area contributed by atoms with Crippen LogP contribution in [0.15, 0.2) is 53.7 Å². The molecular weight excluding hydrogens is 365 g/mol. The van der Waals surface area contributed by atoms with E-state index in [4.69, 9.17) is 0 Å². The Bertz CT molecular complexity index is 927. The fraction of sp³-hybridized carbons (Fsp3) is 0.450. The minimum absolute atomic E-state index is 0.0206. The Morgan fingerprint density at radius 3 is 2.44 bits per heavy atom. The van der Waals surface area contributed by atoms with Crippen LogP contribution in [0.25, 0.3) is 0 Å². The second kappa shape index (κ2) is 6.36. The number of halogens is 1. The largest absolute Gasteiger partial charge is 0.298 e. The molecule has 1 aromatic carbocycles. The number of piperidine rings is 3. The van der Waals surface area contributed by atoms with Crippen molar-refractivity contribution in [2.45, 2.75) is 35.7 Å². The average molecular weight is 387 g/mol. The van der Waals surface area contributed by atoms with Crippen LogP contribution in [0.3, 0.4) is 0 Å². The number of fused-ring (bicyclic) bond motifs is 2.